The molecule has 0 aromatic rings. The maximum Gasteiger partial charge on any atom is 0.673 e. The van der Waals surface area contributed by atoms with Crippen LogP contribution < -0.4 is 0 Å². The summed E-state index contributed by atoms with van der Waals surface area (Å²) in [5.41, 5.74) is 0. The van der Waals surface area contributed by atoms with Crippen LogP contribution in [0.3, 0.4) is 0 Å². The van der Waals surface area contributed by atoms with Gasteiger partial charge in [-0.05, 0) is 0 Å². The molecule has 45 heavy (non-hydrogen) atoms. The van der Waals surface area contributed by atoms with Gasteiger partial charge in [-0.25, -0.2) is 0 Å². The molecular weight excluding hydrogens is 741 g/mol. The zero-order valence-corrected chi connectivity index (χ0v) is 35.5. The highest BCUT2D eigenvalue weighted by molar-refractivity contribution is 6.81. The molecule has 0 aromatic heterocycles. The van der Waals surface area contributed by atoms with Gasteiger partial charge in [-0.15, -0.1) is 0 Å². The molecule has 0 unspecified atom stereocenters. The first-order valence-electron chi connectivity index (χ1n) is 12.2. The SMILES string of the molecule is CO[Si](OC)(OC)O[Si](OC)(OC)O[Si](OC)(OC)O[Si](OC)(OC)O[Si](OC)(OC)O[Si](OC)(OC)O[Si](OC)(OC)OC. The van der Waals surface area contributed by atoms with E-state index in [2.05, 4.69) is 0 Å². The van der Waals surface area contributed by atoms with Gasteiger partial charge in [0.05, 0.1) is 0 Å². The molecule has 272 valence electrons. The Morgan fingerprint density at radius 2 is 0.244 bits per heavy atom. The van der Waals surface area contributed by atoms with Crippen LogP contribution in [-0.2, 0) is 95.5 Å². The fourth-order valence-corrected chi connectivity index (χ4v) is 23.6. The van der Waals surface area contributed by atoms with Crippen molar-refractivity contribution in [2.45, 2.75) is 0 Å². The fraction of sp³-hybridized carbons (Fsp3) is 1.00. The summed E-state index contributed by atoms with van der Waals surface area (Å²) >= 11 is 0. The van der Waals surface area contributed by atoms with Crippen molar-refractivity contribution in [3.63, 3.8) is 0 Å². The molecule has 22 nitrogen and oxygen atoms in total. The molecule has 0 aliphatic carbocycles. The molecule has 0 fully saturated rings. The van der Waals surface area contributed by atoms with Crippen molar-refractivity contribution in [3.8, 4) is 0 Å². The summed E-state index contributed by atoms with van der Waals surface area (Å²) in [5.74, 6) is 0. The molecule has 29 heteroatoms. The first kappa shape index (κ1) is 45.6. The van der Waals surface area contributed by atoms with Gasteiger partial charge in [0.1, 0.15) is 0 Å². The van der Waals surface area contributed by atoms with Crippen molar-refractivity contribution in [1.29, 1.82) is 0 Å². The predicted molar refractivity (Wildman–Crippen MR) is 159 cm³/mol. The second-order valence-corrected chi connectivity index (χ2v) is 25.8. The van der Waals surface area contributed by atoms with Gasteiger partial charge in [0.2, 0.25) is 0 Å². The van der Waals surface area contributed by atoms with Crippen LogP contribution in [-0.4, -0.2) is 177 Å². The van der Waals surface area contributed by atoms with Gasteiger partial charge < -0.3 is 95.5 Å². The minimum atomic E-state index is -4.60. The summed E-state index contributed by atoms with van der Waals surface area (Å²) in [4.78, 5) is 0. The Morgan fingerprint density at radius 3 is 0.333 bits per heavy atom. The van der Waals surface area contributed by atoms with E-state index in [4.69, 9.17) is 95.5 Å². The van der Waals surface area contributed by atoms with Crippen LogP contribution in [0.1, 0.15) is 0 Å². The Bertz CT molecular complexity index is 715. The second kappa shape index (κ2) is 20.3. The molecule has 0 aliphatic rings. The van der Waals surface area contributed by atoms with Crippen molar-refractivity contribution in [1.82, 2.24) is 0 Å². The highest BCUT2D eigenvalue weighted by Gasteiger charge is 2.72. The summed E-state index contributed by atoms with van der Waals surface area (Å²) in [6, 6.07) is 0. The van der Waals surface area contributed by atoms with Gasteiger partial charge in [-0.2, -0.15) is 0 Å². The molecular formula is C16H48O22Si7. The van der Waals surface area contributed by atoms with Crippen LogP contribution in [0.4, 0.5) is 0 Å². The lowest BCUT2D eigenvalue weighted by molar-refractivity contribution is -0.0700. The van der Waals surface area contributed by atoms with E-state index in [-0.39, 0.29) is 0 Å². The van der Waals surface area contributed by atoms with E-state index in [9.17, 15) is 0 Å². The smallest absolute Gasteiger partial charge is 0.355 e. The number of hydrogen-bond acceptors (Lipinski definition) is 22. The largest absolute Gasteiger partial charge is 0.673 e. The monoisotopic (exact) mass is 788 g/mol. The number of rotatable bonds is 28. The molecule has 0 heterocycles. The van der Waals surface area contributed by atoms with Crippen molar-refractivity contribution >= 4 is 63.3 Å². The van der Waals surface area contributed by atoms with E-state index in [1.165, 1.54) is 114 Å². The van der Waals surface area contributed by atoms with Crippen molar-refractivity contribution in [3.05, 3.63) is 0 Å². The van der Waals surface area contributed by atoms with Crippen molar-refractivity contribution in [2.75, 3.05) is 114 Å². The van der Waals surface area contributed by atoms with E-state index < -0.39 is 63.3 Å². The first-order chi connectivity index (χ1) is 21.2. The minimum Gasteiger partial charge on any atom is -0.355 e. The van der Waals surface area contributed by atoms with Gasteiger partial charge in [-0.3, -0.25) is 0 Å². The average molecular weight is 789 g/mol. The number of hydrogen-bond donors (Lipinski definition) is 0. The molecule has 0 saturated heterocycles. The maximum absolute atomic E-state index is 6.16. The van der Waals surface area contributed by atoms with Crippen LogP contribution >= 0.6 is 0 Å². The normalized spacial score (nSPS) is 14.4. The minimum absolute atomic E-state index is 1.20. The second-order valence-electron chi connectivity index (χ2n) is 7.38. The lowest BCUT2D eigenvalue weighted by Gasteiger charge is -2.41. The summed E-state index contributed by atoms with van der Waals surface area (Å²) in [6.07, 6.45) is 0. The highest BCUT2D eigenvalue weighted by Crippen LogP contribution is 2.31. The van der Waals surface area contributed by atoms with Crippen LogP contribution in [0.2, 0.25) is 0 Å². The third kappa shape index (κ3) is 11.3. The van der Waals surface area contributed by atoms with Crippen molar-refractivity contribution in [2.24, 2.45) is 0 Å². The topological polar surface area (TPSA) is 203 Å². The summed E-state index contributed by atoms with van der Waals surface area (Å²) in [7, 11) is -10.2. The molecule has 0 radical (unpaired) electrons. The Morgan fingerprint density at radius 1 is 0.156 bits per heavy atom. The molecule has 0 saturated carbocycles. The fourth-order valence-electron chi connectivity index (χ4n) is 3.02. The molecule has 0 N–H and O–H groups in total. The van der Waals surface area contributed by atoms with E-state index in [0.29, 0.717) is 0 Å². The van der Waals surface area contributed by atoms with Crippen LogP contribution in [0, 0.1) is 0 Å². The van der Waals surface area contributed by atoms with Crippen molar-refractivity contribution < 1.29 is 95.5 Å². The van der Waals surface area contributed by atoms with Crippen LogP contribution in [0.15, 0.2) is 0 Å². The Kier molecular flexibility index (Phi) is 20.6. The lowest BCUT2D eigenvalue weighted by atomic mass is 11.8. The first-order valence-corrected chi connectivity index (χ1v) is 23.7. The highest BCUT2D eigenvalue weighted by atomic mass is 28.6. The van der Waals surface area contributed by atoms with Crippen LogP contribution in [0.25, 0.3) is 0 Å². The van der Waals surface area contributed by atoms with Crippen LogP contribution in [0.5, 0.6) is 0 Å². The van der Waals surface area contributed by atoms with Gasteiger partial charge in [-0.1, -0.05) is 0 Å². The van der Waals surface area contributed by atoms with E-state index >= 15 is 0 Å². The maximum atomic E-state index is 6.16. The third-order valence-corrected chi connectivity index (χ3v) is 25.5. The zero-order valence-electron chi connectivity index (χ0n) is 28.5. The molecule has 0 amide bonds. The standard InChI is InChI=1S/C16H48O22Si7/c1-17-39(18-2,19-3)33-41(23-7,24-8)35-43(27-11,28-12)37-45(31-15,32-16)38-44(29-13,30-14)36-42(25-9,26-10)34-40(20-4,21-5)22-6/h1-16H3. The van der Waals surface area contributed by atoms with E-state index in [1.54, 1.807) is 0 Å². The molecule has 0 spiro atoms. The van der Waals surface area contributed by atoms with Gasteiger partial charge in [0, 0.05) is 114 Å². The Balaban J connectivity index is 6.88. The lowest BCUT2D eigenvalue weighted by Crippen LogP contribution is -2.72. The third-order valence-electron chi connectivity index (χ3n) is 5.50. The quantitative estimate of drug-likeness (QED) is 0.0826. The zero-order chi connectivity index (χ0) is 35.1. The van der Waals surface area contributed by atoms with Gasteiger partial charge in [0.15, 0.2) is 0 Å². The van der Waals surface area contributed by atoms with Gasteiger partial charge >= 0.3 is 63.3 Å². The molecule has 0 aromatic carbocycles. The Labute approximate surface area is 272 Å². The molecule has 0 rings (SSSR count). The summed E-state index contributed by atoms with van der Waals surface area (Å²) in [5, 5.41) is 0. The molecule has 0 bridgehead atoms. The molecule has 0 atom stereocenters. The van der Waals surface area contributed by atoms with Gasteiger partial charge in [0.25, 0.3) is 0 Å². The molecule has 0 aliphatic heterocycles. The summed E-state index contributed by atoms with van der Waals surface area (Å²) in [6.45, 7) is 0. The Hall–Kier alpha value is 0.638. The van der Waals surface area contributed by atoms with E-state index in [1.807, 2.05) is 0 Å². The average Bonchev–Trinajstić information content (AvgIpc) is 3.11. The predicted octanol–water partition coefficient (Wildman–Crippen LogP) is -1.52. The summed E-state index contributed by atoms with van der Waals surface area (Å²) < 4.78 is 124. The van der Waals surface area contributed by atoms with E-state index in [0.717, 1.165) is 0 Å².